The Kier molecular flexibility index (Phi) is 3.92. The van der Waals surface area contributed by atoms with Crippen LogP contribution in [0.25, 0.3) is 0 Å². The van der Waals surface area contributed by atoms with Crippen LogP contribution in [0.1, 0.15) is 63.1 Å². The van der Waals surface area contributed by atoms with Crippen molar-refractivity contribution in [3.63, 3.8) is 0 Å². The van der Waals surface area contributed by atoms with Gasteiger partial charge in [-0.3, -0.25) is 4.68 Å². The number of hydrogen-bond donors (Lipinski definition) is 0. The van der Waals surface area contributed by atoms with E-state index in [0.29, 0.717) is 0 Å². The normalized spacial score (nSPS) is 25.6. The molecule has 3 rings (SSSR count). The molecule has 106 valence electrons. The molecule has 1 aromatic heterocycles. The van der Waals surface area contributed by atoms with Crippen molar-refractivity contribution in [3.8, 4) is 0 Å². The first kappa shape index (κ1) is 13.2. The Hall–Kier alpha value is -0.830. The van der Waals surface area contributed by atoms with Crippen LogP contribution in [0.5, 0.6) is 0 Å². The molecule has 0 N–H and O–H groups in total. The summed E-state index contributed by atoms with van der Waals surface area (Å²) < 4.78 is 2.28. The summed E-state index contributed by atoms with van der Waals surface area (Å²) in [5, 5.41) is 4.60. The highest BCUT2D eigenvalue weighted by Gasteiger charge is 2.34. The lowest BCUT2D eigenvalue weighted by molar-refractivity contribution is 0.162. The molecule has 1 aromatic rings. The SMILES string of the molecule is CCCN(CCC)[C@@H]1Cc2cnn3c2[C@@H](CCC3)C1. The third kappa shape index (κ3) is 2.45. The van der Waals surface area contributed by atoms with E-state index in [-0.39, 0.29) is 0 Å². The smallest absolute Gasteiger partial charge is 0.0525 e. The summed E-state index contributed by atoms with van der Waals surface area (Å²) in [6.45, 7) is 8.26. The van der Waals surface area contributed by atoms with Crippen molar-refractivity contribution < 1.29 is 0 Å². The van der Waals surface area contributed by atoms with Crippen LogP contribution < -0.4 is 0 Å². The van der Waals surface area contributed by atoms with E-state index in [2.05, 4.69) is 34.7 Å². The van der Waals surface area contributed by atoms with Crippen molar-refractivity contribution >= 4 is 0 Å². The van der Waals surface area contributed by atoms with Gasteiger partial charge in [-0.25, -0.2) is 0 Å². The Morgan fingerprint density at radius 1 is 1.32 bits per heavy atom. The minimum Gasteiger partial charge on any atom is -0.300 e. The van der Waals surface area contributed by atoms with Gasteiger partial charge in [-0.1, -0.05) is 13.8 Å². The van der Waals surface area contributed by atoms with Gasteiger partial charge in [0.1, 0.15) is 0 Å². The summed E-state index contributed by atoms with van der Waals surface area (Å²) in [5.74, 6) is 0.779. The lowest BCUT2D eigenvalue weighted by Crippen LogP contribution is -2.42. The van der Waals surface area contributed by atoms with Gasteiger partial charge in [0, 0.05) is 24.2 Å². The van der Waals surface area contributed by atoms with Crippen molar-refractivity contribution in [1.82, 2.24) is 14.7 Å². The molecule has 0 radical (unpaired) electrons. The number of hydrogen-bond acceptors (Lipinski definition) is 2. The van der Waals surface area contributed by atoms with E-state index >= 15 is 0 Å². The summed E-state index contributed by atoms with van der Waals surface area (Å²) in [5.41, 5.74) is 3.12. The van der Waals surface area contributed by atoms with Crippen LogP contribution in [0.2, 0.25) is 0 Å². The Morgan fingerprint density at radius 2 is 2.11 bits per heavy atom. The molecule has 3 nitrogen and oxygen atoms in total. The minimum atomic E-state index is 0.758. The zero-order valence-corrected chi connectivity index (χ0v) is 12.4. The number of aromatic nitrogens is 2. The van der Waals surface area contributed by atoms with Gasteiger partial charge in [0.05, 0.1) is 6.20 Å². The first-order valence-electron chi connectivity index (χ1n) is 8.12. The van der Waals surface area contributed by atoms with Crippen LogP contribution in [0.15, 0.2) is 6.20 Å². The summed E-state index contributed by atoms with van der Waals surface area (Å²) in [6.07, 6.45) is 9.97. The molecule has 2 atom stereocenters. The molecule has 0 spiro atoms. The fraction of sp³-hybridized carbons (Fsp3) is 0.812. The molecular formula is C16H27N3. The van der Waals surface area contributed by atoms with Crippen LogP contribution in [0.3, 0.4) is 0 Å². The molecule has 1 aliphatic carbocycles. The highest BCUT2D eigenvalue weighted by molar-refractivity contribution is 5.28. The van der Waals surface area contributed by atoms with Crippen LogP contribution >= 0.6 is 0 Å². The first-order valence-corrected chi connectivity index (χ1v) is 8.12. The molecule has 0 bridgehead atoms. The van der Waals surface area contributed by atoms with Gasteiger partial charge < -0.3 is 4.90 Å². The highest BCUT2D eigenvalue weighted by Crippen LogP contribution is 2.39. The second-order valence-electron chi connectivity index (χ2n) is 6.25. The molecule has 2 heterocycles. The molecule has 0 fully saturated rings. The van der Waals surface area contributed by atoms with E-state index in [1.165, 1.54) is 57.2 Å². The van der Waals surface area contributed by atoms with Gasteiger partial charge in [-0.15, -0.1) is 0 Å². The van der Waals surface area contributed by atoms with Gasteiger partial charge in [0.15, 0.2) is 0 Å². The van der Waals surface area contributed by atoms with Crippen LogP contribution in [-0.4, -0.2) is 33.8 Å². The Morgan fingerprint density at radius 3 is 2.84 bits per heavy atom. The molecule has 0 saturated carbocycles. The average Bonchev–Trinajstić information content (AvgIpc) is 2.84. The van der Waals surface area contributed by atoms with E-state index in [1.54, 1.807) is 5.69 Å². The summed E-state index contributed by atoms with van der Waals surface area (Å²) in [7, 11) is 0. The lowest BCUT2D eigenvalue weighted by atomic mass is 9.80. The van der Waals surface area contributed by atoms with E-state index in [9.17, 15) is 0 Å². The molecule has 0 unspecified atom stereocenters. The van der Waals surface area contributed by atoms with Crippen molar-refractivity contribution in [2.45, 2.75) is 70.9 Å². The predicted molar refractivity (Wildman–Crippen MR) is 78.5 cm³/mol. The lowest BCUT2D eigenvalue weighted by Gasteiger charge is -2.39. The van der Waals surface area contributed by atoms with E-state index in [0.717, 1.165) is 18.5 Å². The zero-order valence-electron chi connectivity index (χ0n) is 12.4. The van der Waals surface area contributed by atoms with Gasteiger partial charge >= 0.3 is 0 Å². The average molecular weight is 261 g/mol. The second kappa shape index (κ2) is 5.66. The van der Waals surface area contributed by atoms with Crippen molar-refractivity contribution in [1.29, 1.82) is 0 Å². The molecule has 0 aromatic carbocycles. The maximum Gasteiger partial charge on any atom is 0.0525 e. The quantitative estimate of drug-likeness (QED) is 0.811. The Bertz CT molecular complexity index is 418. The fourth-order valence-electron chi connectivity index (χ4n) is 4.09. The monoisotopic (exact) mass is 261 g/mol. The maximum atomic E-state index is 4.60. The maximum absolute atomic E-state index is 4.60. The zero-order chi connectivity index (χ0) is 13.2. The number of rotatable bonds is 5. The molecule has 19 heavy (non-hydrogen) atoms. The first-order chi connectivity index (χ1) is 9.33. The molecule has 1 aliphatic heterocycles. The summed E-state index contributed by atoms with van der Waals surface area (Å²) in [6, 6.07) is 0.758. The van der Waals surface area contributed by atoms with Gasteiger partial charge in [0.2, 0.25) is 0 Å². The van der Waals surface area contributed by atoms with Crippen molar-refractivity contribution in [2.75, 3.05) is 13.1 Å². The largest absolute Gasteiger partial charge is 0.300 e. The summed E-state index contributed by atoms with van der Waals surface area (Å²) >= 11 is 0. The number of aryl methyl sites for hydroxylation is 1. The van der Waals surface area contributed by atoms with Crippen LogP contribution in [0, 0.1) is 0 Å². The van der Waals surface area contributed by atoms with Crippen molar-refractivity contribution in [2.24, 2.45) is 0 Å². The fourth-order valence-corrected chi connectivity index (χ4v) is 4.09. The van der Waals surface area contributed by atoms with E-state index in [1.807, 2.05) is 0 Å². The van der Waals surface area contributed by atoms with Gasteiger partial charge in [0.25, 0.3) is 0 Å². The highest BCUT2D eigenvalue weighted by atomic mass is 15.3. The number of nitrogens with zero attached hydrogens (tertiary/aromatic N) is 3. The standard InChI is InChI=1S/C16H27N3/c1-3-7-18(8-4-2)15-10-13-6-5-9-19-16(13)14(11-15)12-17-19/h12-13,15H,3-11H2,1-2H3/t13-,15-/m0/s1. The molecule has 2 aliphatic rings. The van der Waals surface area contributed by atoms with Crippen LogP contribution in [0.4, 0.5) is 0 Å². The minimum absolute atomic E-state index is 0.758. The Balaban J connectivity index is 1.80. The van der Waals surface area contributed by atoms with Gasteiger partial charge in [-0.05, 0) is 57.2 Å². The molecular weight excluding hydrogens is 234 g/mol. The predicted octanol–water partition coefficient (Wildman–Crippen LogP) is 3.20. The second-order valence-corrected chi connectivity index (χ2v) is 6.25. The topological polar surface area (TPSA) is 21.1 Å². The molecule has 0 amide bonds. The Labute approximate surface area is 117 Å². The molecule has 0 saturated heterocycles. The van der Waals surface area contributed by atoms with E-state index in [4.69, 9.17) is 0 Å². The van der Waals surface area contributed by atoms with Crippen LogP contribution in [-0.2, 0) is 13.0 Å². The van der Waals surface area contributed by atoms with Gasteiger partial charge in [-0.2, -0.15) is 5.10 Å². The van der Waals surface area contributed by atoms with E-state index < -0.39 is 0 Å². The summed E-state index contributed by atoms with van der Waals surface area (Å²) in [4.78, 5) is 2.73. The van der Waals surface area contributed by atoms with Crippen molar-refractivity contribution in [3.05, 3.63) is 17.5 Å². The third-order valence-corrected chi connectivity index (χ3v) is 4.82. The molecule has 3 heteroatoms. The third-order valence-electron chi connectivity index (χ3n) is 4.82.